The summed E-state index contributed by atoms with van der Waals surface area (Å²) >= 11 is 0. The summed E-state index contributed by atoms with van der Waals surface area (Å²) in [5.74, 6) is 0.188. The third-order valence-electron chi connectivity index (χ3n) is 3.41. The molecule has 0 radical (unpaired) electrons. The van der Waals surface area contributed by atoms with Gasteiger partial charge in [-0.3, -0.25) is 0 Å². The number of aliphatic hydroxyl groups is 1. The molecule has 0 heterocycles. The summed E-state index contributed by atoms with van der Waals surface area (Å²) < 4.78 is 0. The lowest BCUT2D eigenvalue weighted by Crippen LogP contribution is -2.09. The van der Waals surface area contributed by atoms with Crippen LogP contribution in [0.5, 0.6) is 0 Å². The van der Waals surface area contributed by atoms with Gasteiger partial charge in [0.05, 0.1) is 6.61 Å². The number of hydrogen-bond acceptors (Lipinski definition) is 1. The zero-order chi connectivity index (χ0) is 13.0. The van der Waals surface area contributed by atoms with Gasteiger partial charge in [0.15, 0.2) is 0 Å². The molecule has 1 N–H and O–H groups in total. The van der Waals surface area contributed by atoms with Crippen molar-refractivity contribution >= 4 is 0 Å². The van der Waals surface area contributed by atoms with Crippen molar-refractivity contribution in [1.29, 1.82) is 0 Å². The quantitative estimate of drug-likeness (QED) is 0.865. The molecule has 0 bridgehead atoms. The molecule has 18 heavy (non-hydrogen) atoms. The van der Waals surface area contributed by atoms with E-state index in [1.54, 1.807) is 0 Å². The predicted octanol–water partition coefficient (Wildman–Crippen LogP) is 3.62. The maximum Gasteiger partial charge on any atom is 0.0503 e. The van der Waals surface area contributed by atoms with Gasteiger partial charge in [-0.15, -0.1) is 0 Å². The van der Waals surface area contributed by atoms with Crippen LogP contribution in [0.2, 0.25) is 0 Å². The molecule has 0 aliphatic heterocycles. The van der Waals surface area contributed by atoms with Gasteiger partial charge in [-0.05, 0) is 37.0 Å². The second-order valence-electron chi connectivity index (χ2n) is 4.93. The number of benzene rings is 2. The minimum Gasteiger partial charge on any atom is -0.396 e. The summed E-state index contributed by atoms with van der Waals surface area (Å²) in [5.41, 5.74) is 5.07. The van der Waals surface area contributed by atoms with Crippen LogP contribution in [0.4, 0.5) is 0 Å². The Morgan fingerprint density at radius 3 is 2.44 bits per heavy atom. The molecular formula is C17H20O. The summed E-state index contributed by atoms with van der Waals surface area (Å²) in [5, 5.41) is 9.63. The SMILES string of the molecule is Cc1cccc(CC(CO)c2ccccc2C)c1. The van der Waals surface area contributed by atoms with E-state index in [0.717, 1.165) is 6.42 Å². The standard InChI is InChI=1S/C17H20O/c1-13-6-5-8-15(10-13)11-16(12-18)17-9-4-3-7-14(17)2/h3-10,16,18H,11-12H2,1-2H3. The molecule has 0 saturated carbocycles. The van der Waals surface area contributed by atoms with Gasteiger partial charge in [-0.25, -0.2) is 0 Å². The van der Waals surface area contributed by atoms with Crippen molar-refractivity contribution in [3.63, 3.8) is 0 Å². The Morgan fingerprint density at radius 1 is 1.00 bits per heavy atom. The average molecular weight is 240 g/mol. The largest absolute Gasteiger partial charge is 0.396 e. The fraction of sp³-hybridized carbons (Fsp3) is 0.294. The topological polar surface area (TPSA) is 20.2 Å². The maximum absolute atomic E-state index is 9.63. The van der Waals surface area contributed by atoms with Crippen LogP contribution in [0.3, 0.4) is 0 Å². The molecule has 1 unspecified atom stereocenters. The number of rotatable bonds is 4. The zero-order valence-electron chi connectivity index (χ0n) is 11.1. The number of hydrogen-bond donors (Lipinski definition) is 1. The first-order valence-corrected chi connectivity index (χ1v) is 6.42. The molecule has 2 aromatic rings. The Balaban J connectivity index is 2.23. The molecule has 2 rings (SSSR count). The lowest BCUT2D eigenvalue weighted by Gasteiger charge is -2.17. The molecule has 2 aromatic carbocycles. The molecule has 0 aromatic heterocycles. The summed E-state index contributed by atoms with van der Waals surface area (Å²) in [7, 11) is 0. The van der Waals surface area contributed by atoms with E-state index < -0.39 is 0 Å². The van der Waals surface area contributed by atoms with Gasteiger partial charge in [0.1, 0.15) is 0 Å². The first-order valence-electron chi connectivity index (χ1n) is 6.42. The number of aryl methyl sites for hydroxylation is 2. The Kier molecular flexibility index (Phi) is 4.16. The highest BCUT2D eigenvalue weighted by Gasteiger charge is 2.13. The van der Waals surface area contributed by atoms with Gasteiger partial charge in [0.25, 0.3) is 0 Å². The summed E-state index contributed by atoms with van der Waals surface area (Å²) in [4.78, 5) is 0. The fourth-order valence-electron chi connectivity index (χ4n) is 2.44. The third-order valence-corrected chi connectivity index (χ3v) is 3.41. The van der Waals surface area contributed by atoms with Gasteiger partial charge in [0, 0.05) is 5.92 Å². The van der Waals surface area contributed by atoms with Gasteiger partial charge < -0.3 is 5.11 Å². The van der Waals surface area contributed by atoms with Crippen LogP contribution >= 0.6 is 0 Å². The first kappa shape index (κ1) is 12.8. The van der Waals surface area contributed by atoms with Crippen LogP contribution < -0.4 is 0 Å². The first-order chi connectivity index (χ1) is 8.70. The highest BCUT2D eigenvalue weighted by Crippen LogP contribution is 2.23. The molecule has 1 atom stereocenters. The molecule has 94 valence electrons. The maximum atomic E-state index is 9.63. The minimum atomic E-state index is 0.188. The van der Waals surface area contributed by atoms with Crippen molar-refractivity contribution in [2.75, 3.05) is 6.61 Å². The molecule has 1 nitrogen and oxygen atoms in total. The lowest BCUT2D eigenvalue weighted by atomic mass is 9.89. The lowest BCUT2D eigenvalue weighted by molar-refractivity contribution is 0.264. The molecule has 1 heteroatoms. The van der Waals surface area contributed by atoms with E-state index in [2.05, 4.69) is 50.2 Å². The Bertz CT molecular complexity index is 517. The molecule has 0 fully saturated rings. The second kappa shape index (κ2) is 5.83. The van der Waals surface area contributed by atoms with E-state index >= 15 is 0 Å². The van der Waals surface area contributed by atoms with Crippen LogP contribution in [0, 0.1) is 13.8 Å². The van der Waals surface area contributed by atoms with E-state index in [1.165, 1.54) is 22.3 Å². The molecule has 0 aliphatic carbocycles. The van der Waals surface area contributed by atoms with Crippen LogP contribution in [-0.2, 0) is 6.42 Å². The van der Waals surface area contributed by atoms with Gasteiger partial charge in [0.2, 0.25) is 0 Å². The van der Waals surface area contributed by atoms with Crippen LogP contribution in [0.15, 0.2) is 48.5 Å². The van der Waals surface area contributed by atoms with Crippen molar-refractivity contribution in [2.45, 2.75) is 26.2 Å². The smallest absolute Gasteiger partial charge is 0.0503 e. The van der Waals surface area contributed by atoms with Gasteiger partial charge >= 0.3 is 0 Å². The van der Waals surface area contributed by atoms with Gasteiger partial charge in [-0.1, -0.05) is 54.1 Å². The highest BCUT2D eigenvalue weighted by atomic mass is 16.3. The summed E-state index contributed by atoms with van der Waals surface area (Å²) in [6.07, 6.45) is 0.892. The van der Waals surface area contributed by atoms with E-state index in [9.17, 15) is 5.11 Å². The predicted molar refractivity (Wildman–Crippen MR) is 75.9 cm³/mol. The summed E-state index contributed by atoms with van der Waals surface area (Å²) in [6.45, 7) is 4.40. The fourth-order valence-corrected chi connectivity index (χ4v) is 2.44. The molecular weight excluding hydrogens is 220 g/mol. The van der Waals surface area contributed by atoms with Crippen LogP contribution in [0.1, 0.15) is 28.2 Å². The molecule has 0 spiro atoms. The minimum absolute atomic E-state index is 0.188. The average Bonchev–Trinajstić information content (AvgIpc) is 2.37. The number of aliphatic hydroxyl groups excluding tert-OH is 1. The van der Waals surface area contributed by atoms with Crippen LogP contribution in [-0.4, -0.2) is 11.7 Å². The van der Waals surface area contributed by atoms with E-state index in [1.807, 2.05) is 12.1 Å². The van der Waals surface area contributed by atoms with Crippen molar-refractivity contribution in [1.82, 2.24) is 0 Å². The molecule has 0 amide bonds. The Labute approximate surface area is 109 Å². The van der Waals surface area contributed by atoms with Gasteiger partial charge in [-0.2, -0.15) is 0 Å². The summed E-state index contributed by atoms with van der Waals surface area (Å²) in [6, 6.07) is 16.8. The third kappa shape index (κ3) is 2.99. The molecule has 0 saturated heterocycles. The highest BCUT2D eigenvalue weighted by molar-refractivity contribution is 5.32. The van der Waals surface area contributed by atoms with E-state index in [4.69, 9.17) is 0 Å². The Morgan fingerprint density at radius 2 is 1.78 bits per heavy atom. The normalized spacial score (nSPS) is 12.4. The van der Waals surface area contributed by atoms with Crippen molar-refractivity contribution in [3.05, 3.63) is 70.8 Å². The second-order valence-corrected chi connectivity index (χ2v) is 4.93. The van der Waals surface area contributed by atoms with Crippen molar-refractivity contribution in [3.8, 4) is 0 Å². The van der Waals surface area contributed by atoms with E-state index in [0.29, 0.717) is 0 Å². The van der Waals surface area contributed by atoms with E-state index in [-0.39, 0.29) is 12.5 Å². The van der Waals surface area contributed by atoms with Crippen LogP contribution in [0.25, 0.3) is 0 Å². The monoisotopic (exact) mass is 240 g/mol. The van der Waals surface area contributed by atoms with Crippen molar-refractivity contribution < 1.29 is 5.11 Å². The molecule has 0 aliphatic rings. The Hall–Kier alpha value is -1.60. The van der Waals surface area contributed by atoms with Crippen molar-refractivity contribution in [2.24, 2.45) is 0 Å². The zero-order valence-corrected chi connectivity index (χ0v) is 11.1.